The molecule has 0 amide bonds. The smallest absolute Gasteiger partial charge is 0.242 e. The van der Waals surface area contributed by atoms with Crippen LogP contribution < -0.4 is 10.5 Å². The summed E-state index contributed by atoms with van der Waals surface area (Å²) in [5.41, 5.74) is 7.17. The maximum atomic E-state index is 11.5. The Labute approximate surface area is 75.2 Å². The fraction of sp³-hybridized carbons (Fsp3) is 0.111. The average molecular weight is 175 g/mol. The van der Waals surface area contributed by atoms with E-state index in [0.717, 1.165) is 4.73 Å². The van der Waals surface area contributed by atoms with Gasteiger partial charge in [0.15, 0.2) is 5.82 Å². The Morgan fingerprint density at radius 3 is 2.85 bits per heavy atom. The Morgan fingerprint density at radius 1 is 1.38 bits per heavy atom. The van der Waals surface area contributed by atoms with E-state index >= 15 is 0 Å². The van der Waals surface area contributed by atoms with Gasteiger partial charge in [0.05, 0.1) is 0 Å². The lowest BCUT2D eigenvalue weighted by atomic mass is 10.3. The number of hydrogen-bond acceptors (Lipinski definition) is 3. The molecule has 0 bridgehead atoms. The second-order valence-electron chi connectivity index (χ2n) is 2.87. The number of rotatable bonds is 0. The van der Waals surface area contributed by atoms with E-state index < -0.39 is 0 Å². The number of hydrogen-bond donors (Lipinski definition) is 1. The molecule has 0 atom stereocenters. The molecule has 0 saturated carbocycles. The number of nitrogens with two attached hydrogens (primary N) is 1. The third-order valence-corrected chi connectivity index (χ3v) is 2.02. The van der Waals surface area contributed by atoms with Gasteiger partial charge in [-0.2, -0.15) is 4.73 Å². The number of benzene rings is 1. The number of fused-ring (bicyclic) bond motifs is 1. The van der Waals surface area contributed by atoms with Crippen LogP contribution in [-0.2, 0) is 0 Å². The first-order chi connectivity index (χ1) is 6.20. The Hall–Kier alpha value is -1.84. The van der Waals surface area contributed by atoms with Crippen molar-refractivity contribution in [2.24, 2.45) is 0 Å². The summed E-state index contributed by atoms with van der Waals surface area (Å²) in [6, 6.07) is 7.11. The zero-order chi connectivity index (χ0) is 9.42. The lowest BCUT2D eigenvalue weighted by Gasteiger charge is -2.05. The molecule has 13 heavy (non-hydrogen) atoms. The van der Waals surface area contributed by atoms with Crippen LogP contribution in [0.15, 0.2) is 24.3 Å². The summed E-state index contributed by atoms with van der Waals surface area (Å²) in [6.07, 6.45) is 0. The van der Waals surface area contributed by atoms with Crippen molar-refractivity contribution in [3.05, 3.63) is 35.2 Å². The average Bonchev–Trinajstić information content (AvgIpc) is 2.15. The van der Waals surface area contributed by atoms with Crippen LogP contribution in [0, 0.1) is 12.1 Å². The molecule has 2 N–H and O–H groups in total. The van der Waals surface area contributed by atoms with Crippen molar-refractivity contribution in [2.45, 2.75) is 6.92 Å². The van der Waals surface area contributed by atoms with Gasteiger partial charge in [-0.15, -0.1) is 0 Å². The van der Waals surface area contributed by atoms with Crippen molar-refractivity contribution >= 4 is 16.9 Å². The number of aromatic nitrogens is 2. The Balaban J connectivity index is 2.94. The molecular weight excluding hydrogens is 166 g/mol. The molecule has 4 nitrogen and oxygen atoms in total. The predicted octanol–water partition coefficient (Wildman–Crippen LogP) is 0.759. The molecule has 0 aliphatic rings. The minimum Gasteiger partial charge on any atom is -0.618 e. The van der Waals surface area contributed by atoms with Crippen molar-refractivity contribution in [1.29, 1.82) is 0 Å². The van der Waals surface area contributed by atoms with E-state index in [1.54, 1.807) is 25.1 Å². The van der Waals surface area contributed by atoms with E-state index in [1.807, 2.05) is 6.07 Å². The monoisotopic (exact) mass is 175 g/mol. The molecule has 1 aromatic carbocycles. The second-order valence-corrected chi connectivity index (χ2v) is 2.87. The van der Waals surface area contributed by atoms with Crippen LogP contribution in [0.2, 0.25) is 0 Å². The summed E-state index contributed by atoms with van der Waals surface area (Å²) < 4.78 is 0.803. The summed E-state index contributed by atoms with van der Waals surface area (Å²) in [7, 11) is 0. The number of nitrogen functional groups attached to an aromatic ring is 1. The molecule has 0 aliphatic carbocycles. The maximum Gasteiger partial charge on any atom is 0.242 e. The van der Waals surface area contributed by atoms with Crippen LogP contribution in [0.1, 0.15) is 5.69 Å². The molecule has 2 aromatic rings. The van der Waals surface area contributed by atoms with E-state index in [9.17, 15) is 5.21 Å². The van der Waals surface area contributed by atoms with Crippen molar-refractivity contribution < 1.29 is 4.73 Å². The molecule has 0 aliphatic heterocycles. The van der Waals surface area contributed by atoms with Gasteiger partial charge in [-0.25, -0.2) is 4.98 Å². The molecular formula is C9H9N3O. The molecule has 0 radical (unpaired) electrons. The number of para-hydroxylation sites is 2. The normalized spacial score (nSPS) is 10.5. The highest BCUT2D eigenvalue weighted by molar-refractivity contribution is 5.72. The van der Waals surface area contributed by atoms with Gasteiger partial charge in [-0.1, -0.05) is 12.1 Å². The highest BCUT2D eigenvalue weighted by Gasteiger charge is 2.10. The molecule has 1 aromatic heterocycles. The topological polar surface area (TPSA) is 65.8 Å². The van der Waals surface area contributed by atoms with Crippen LogP contribution in [0.25, 0.3) is 11.0 Å². The Kier molecular flexibility index (Phi) is 1.55. The first-order valence-corrected chi connectivity index (χ1v) is 3.94. The molecule has 0 saturated heterocycles. The van der Waals surface area contributed by atoms with Crippen molar-refractivity contribution in [1.82, 2.24) is 4.98 Å². The summed E-state index contributed by atoms with van der Waals surface area (Å²) in [5, 5.41) is 11.5. The SMILES string of the molecule is Cc1c(N)nc2ccccc2[n+]1[O-]. The van der Waals surface area contributed by atoms with Crippen LogP contribution in [0.5, 0.6) is 0 Å². The molecule has 0 fully saturated rings. The Morgan fingerprint density at radius 2 is 2.08 bits per heavy atom. The standard InChI is InChI=1S/C9H9N3O/c1-6-9(10)11-7-4-2-3-5-8(7)12(6)13/h2-5H,1H3,(H2,10,11). The van der Waals surface area contributed by atoms with Gasteiger partial charge in [-0.3, -0.25) is 0 Å². The van der Waals surface area contributed by atoms with Gasteiger partial charge >= 0.3 is 0 Å². The van der Waals surface area contributed by atoms with Crippen LogP contribution >= 0.6 is 0 Å². The van der Waals surface area contributed by atoms with Crippen LogP contribution in [-0.4, -0.2) is 4.98 Å². The number of nitrogens with zero attached hydrogens (tertiary/aromatic N) is 2. The summed E-state index contributed by atoms with van der Waals surface area (Å²) >= 11 is 0. The number of anilines is 1. The van der Waals surface area contributed by atoms with Gasteiger partial charge in [-0.05, 0) is 6.07 Å². The third kappa shape index (κ3) is 1.07. The first kappa shape index (κ1) is 7.79. The zero-order valence-electron chi connectivity index (χ0n) is 7.19. The van der Waals surface area contributed by atoms with Gasteiger partial charge in [0.2, 0.25) is 11.2 Å². The van der Waals surface area contributed by atoms with Gasteiger partial charge in [0.25, 0.3) is 0 Å². The first-order valence-electron chi connectivity index (χ1n) is 3.94. The van der Waals surface area contributed by atoms with E-state index in [-0.39, 0.29) is 5.82 Å². The minimum atomic E-state index is 0.286. The van der Waals surface area contributed by atoms with Gasteiger partial charge < -0.3 is 10.9 Å². The Bertz CT molecular complexity index is 468. The van der Waals surface area contributed by atoms with E-state index in [0.29, 0.717) is 16.7 Å². The fourth-order valence-electron chi connectivity index (χ4n) is 1.23. The highest BCUT2D eigenvalue weighted by atomic mass is 16.5. The third-order valence-electron chi connectivity index (χ3n) is 2.02. The molecule has 0 unspecified atom stereocenters. The molecule has 1 heterocycles. The van der Waals surface area contributed by atoms with E-state index in [4.69, 9.17) is 5.73 Å². The van der Waals surface area contributed by atoms with Crippen molar-refractivity contribution in [2.75, 3.05) is 5.73 Å². The van der Waals surface area contributed by atoms with Crippen molar-refractivity contribution in [3.63, 3.8) is 0 Å². The second kappa shape index (κ2) is 2.58. The van der Waals surface area contributed by atoms with Crippen LogP contribution in [0.4, 0.5) is 5.82 Å². The van der Waals surface area contributed by atoms with Gasteiger partial charge in [0, 0.05) is 13.0 Å². The summed E-state index contributed by atoms with van der Waals surface area (Å²) in [5.74, 6) is 0.286. The summed E-state index contributed by atoms with van der Waals surface area (Å²) in [4.78, 5) is 4.09. The lowest BCUT2D eigenvalue weighted by molar-refractivity contribution is -0.583. The summed E-state index contributed by atoms with van der Waals surface area (Å²) in [6.45, 7) is 1.65. The zero-order valence-corrected chi connectivity index (χ0v) is 7.19. The lowest BCUT2D eigenvalue weighted by Crippen LogP contribution is -2.32. The molecule has 2 rings (SSSR count). The van der Waals surface area contributed by atoms with Crippen LogP contribution in [0.3, 0.4) is 0 Å². The van der Waals surface area contributed by atoms with E-state index in [1.165, 1.54) is 0 Å². The fourth-order valence-corrected chi connectivity index (χ4v) is 1.23. The molecule has 4 heteroatoms. The largest absolute Gasteiger partial charge is 0.618 e. The predicted molar refractivity (Wildman–Crippen MR) is 49.9 cm³/mol. The minimum absolute atomic E-state index is 0.286. The molecule has 0 spiro atoms. The van der Waals surface area contributed by atoms with E-state index in [2.05, 4.69) is 4.98 Å². The highest BCUT2D eigenvalue weighted by Crippen LogP contribution is 2.10. The molecule has 66 valence electrons. The van der Waals surface area contributed by atoms with Crippen molar-refractivity contribution in [3.8, 4) is 0 Å². The quantitative estimate of drug-likeness (QED) is 0.474. The van der Waals surface area contributed by atoms with Gasteiger partial charge in [0.1, 0.15) is 5.52 Å². The maximum absolute atomic E-state index is 11.5.